The lowest BCUT2D eigenvalue weighted by molar-refractivity contribution is -0.142. The molecule has 56 heteroatoms. The van der Waals surface area contributed by atoms with E-state index in [4.69, 9.17) is 109 Å². The highest BCUT2D eigenvalue weighted by molar-refractivity contribution is 7.13. The highest BCUT2D eigenvalue weighted by Crippen LogP contribution is 2.59. The first-order chi connectivity index (χ1) is 70.7. The third-order valence-electron chi connectivity index (χ3n) is 27.1. The summed E-state index contributed by atoms with van der Waals surface area (Å²) in [6.45, 7) is 3.45. The van der Waals surface area contributed by atoms with Crippen LogP contribution in [0.15, 0.2) is 0 Å². The highest BCUT2D eigenvalue weighted by atomic mass is 28.6. The van der Waals surface area contributed by atoms with Crippen LogP contribution in [0.4, 0.5) is 0 Å². The summed E-state index contributed by atoms with van der Waals surface area (Å²) in [5.41, 5.74) is -0.127. The van der Waals surface area contributed by atoms with E-state index in [1.807, 2.05) is 39.2 Å². The van der Waals surface area contributed by atoms with Gasteiger partial charge in [0.1, 0.15) is 0 Å². The summed E-state index contributed by atoms with van der Waals surface area (Å²) in [5, 5.41) is 0. The average molecular weight is 2250 g/mol. The molecule has 0 spiro atoms. The molecule has 48 nitrogen and oxygen atoms in total. The third-order valence-corrected chi connectivity index (χ3v) is 77.1. The van der Waals surface area contributed by atoms with Crippen LogP contribution in [0.1, 0.15) is 154 Å². The zero-order chi connectivity index (χ0) is 109. The van der Waals surface area contributed by atoms with Crippen LogP contribution < -0.4 is 0 Å². The molecule has 848 valence electrons. The molecular formula is C92H168N8O40Si8. The molecule has 0 unspecified atom stereocenters. The molecule has 0 atom stereocenters. The zero-order valence-corrected chi connectivity index (χ0v) is 98.3. The van der Waals surface area contributed by atoms with Crippen molar-refractivity contribution >= 4 is 164 Å². The summed E-state index contributed by atoms with van der Waals surface area (Å²) in [7, 11) is -16.2. The monoisotopic (exact) mass is 2250 g/mol. The number of carbonyl (C=O) groups is 16. The van der Waals surface area contributed by atoms with Gasteiger partial charge in [0, 0.05) is 127 Å². The Labute approximate surface area is 879 Å². The molecule has 0 aromatic rings. The van der Waals surface area contributed by atoms with Crippen LogP contribution in [0.25, 0.3) is 0 Å². The predicted octanol–water partition coefficient (Wildman–Crippen LogP) is 4.43. The average Bonchev–Trinajstić information content (AvgIpc) is 0.684. The number of nitrogens with zero attached hydrogens (tertiary/aromatic N) is 8. The second-order valence-electron chi connectivity index (χ2n) is 37.6. The van der Waals surface area contributed by atoms with Crippen LogP contribution in [0.3, 0.4) is 0 Å². The number of ether oxygens (including phenoxy) is 16. The quantitative estimate of drug-likeness (QED) is 0.0461. The van der Waals surface area contributed by atoms with Gasteiger partial charge in [-0.05, 0) is 152 Å². The van der Waals surface area contributed by atoms with Crippen molar-refractivity contribution in [3.8, 4) is 0 Å². The van der Waals surface area contributed by atoms with Gasteiger partial charge in [-0.3, -0.25) is 76.7 Å². The van der Waals surface area contributed by atoms with Gasteiger partial charge in [-0.1, -0.05) is 0 Å². The number of methoxy groups -OCH3 is 16. The largest absolute Gasteiger partial charge is 0.469 e. The minimum atomic E-state index is -4.60. The minimum absolute atomic E-state index is 0.0318. The van der Waals surface area contributed by atoms with E-state index in [9.17, 15) is 76.7 Å². The standard InChI is InChI=1S/C92H168N8O40Si8/c1-117-77(101)25-49-93(50-26-78(102)118-2)41-17-65-141-73-142(66-18-42-94(51-27-79(103)119-3)52-28-80(104)120-4)134-145(69-21-45-97(57-33-85(109)125-9)58-34-86(110)126-10)74-143(133-141,67-19-43-95(53-29-81(105)121-5)54-30-82(106)122-6)139-146(70-22-46-98(59-35-87(111)127-11)60-36-88(112)128-12)75-144(137-141,68-20-44-96(55-31-83(107)123-7)56-32-84(108)124-8)135-147(138-142,71-23-47-99(61-37-89(113)129-13)62-38-90(114)130-14)76-148(136-146,140-145)72-24-48-100(63-39-91(115)131-15)64-40-92(116)132-16/h17-76H2,1-16H3. The molecule has 6 saturated heterocycles. The van der Waals surface area contributed by atoms with Gasteiger partial charge in [-0.15, -0.1) is 0 Å². The van der Waals surface area contributed by atoms with Gasteiger partial charge in [-0.25, -0.2) is 0 Å². The van der Waals surface area contributed by atoms with Crippen molar-refractivity contribution < 1.29 is 185 Å². The molecule has 6 aliphatic heterocycles. The Morgan fingerprint density at radius 1 is 0.142 bits per heavy atom. The molecule has 0 aliphatic carbocycles. The van der Waals surface area contributed by atoms with Crippen molar-refractivity contribution in [2.75, 3.05) is 271 Å². The van der Waals surface area contributed by atoms with E-state index in [2.05, 4.69) is 0 Å². The summed E-state index contributed by atoms with van der Waals surface area (Å²) >= 11 is 0. The van der Waals surface area contributed by atoms with Gasteiger partial charge in [0.2, 0.25) is 0 Å². The van der Waals surface area contributed by atoms with Gasteiger partial charge in [0.15, 0.2) is 0 Å². The molecular weight excluding hydrogens is 2080 g/mol. The van der Waals surface area contributed by atoms with E-state index in [0.29, 0.717) is 0 Å². The molecule has 0 radical (unpaired) electrons. The van der Waals surface area contributed by atoms with Crippen LogP contribution in [0.5, 0.6) is 0 Å². The molecule has 8 bridgehead atoms. The lowest BCUT2D eigenvalue weighted by atomic mass is 10.3. The van der Waals surface area contributed by atoms with E-state index in [0.717, 1.165) is 0 Å². The van der Waals surface area contributed by atoms with Crippen LogP contribution >= 0.6 is 0 Å². The van der Waals surface area contributed by atoms with Crippen molar-refractivity contribution in [2.24, 2.45) is 0 Å². The fourth-order valence-electron chi connectivity index (χ4n) is 19.5. The fraction of sp³-hybridized carbons (Fsp3) is 0.826. The maximum atomic E-state index is 13.4. The lowest BCUT2D eigenvalue weighted by Gasteiger charge is -2.66. The molecule has 0 aromatic carbocycles. The maximum absolute atomic E-state index is 13.4. The van der Waals surface area contributed by atoms with Crippen molar-refractivity contribution in [3.05, 3.63) is 0 Å². The number of carbonyl (C=O) groups excluding carboxylic acids is 16. The van der Waals surface area contributed by atoms with E-state index in [-0.39, 0.29) is 382 Å². The SMILES string of the molecule is COC(=O)CCN(CCC[Si]12C[Si]3(CCCN(CCC(=O)OC)CCC(=O)OC)O[Si]4(CCCN(CCC(=O)OC)CCC(=O)OC)C[Si]5(CCCN(CCC(=O)OC)CCC(=O)OC)O[Si](CCCN(CCC(=O)OC)CCC(=O)OC)(C[Si](CCCN(CCC(=O)OC)CCC(=O)OC)(O1)O4)O[Si](CCCN(CCC(=O)OC)CCC(=O)OC)(C[Si](CCCN(CCC(=O)OC)CCC(=O)OC)(O3)O5)O2)CCC(=O)OC. The first-order valence-corrected chi connectivity index (χ1v) is 69.1. The second kappa shape index (κ2) is 69.4. The lowest BCUT2D eigenvalue weighted by Crippen LogP contribution is -2.85. The van der Waals surface area contributed by atoms with Gasteiger partial charge >= 0.3 is 164 Å². The Kier molecular flexibility index (Phi) is 61.5. The number of hydrogen-bond donors (Lipinski definition) is 0. The van der Waals surface area contributed by atoms with Crippen molar-refractivity contribution in [3.63, 3.8) is 0 Å². The number of hydrogen-bond acceptors (Lipinski definition) is 48. The van der Waals surface area contributed by atoms with Gasteiger partial charge in [0.05, 0.1) is 216 Å². The normalized spacial score (nSPS) is 21.7. The Bertz CT molecular complexity index is 3160. The van der Waals surface area contributed by atoms with Gasteiger partial charge in [-0.2, -0.15) is 0 Å². The van der Waals surface area contributed by atoms with Crippen LogP contribution in [-0.4, -0.2) is 474 Å². The molecule has 148 heavy (non-hydrogen) atoms. The second-order valence-corrected chi connectivity index (χ2v) is 68.3. The van der Waals surface area contributed by atoms with Crippen LogP contribution in [-0.2, 0) is 185 Å². The number of rotatable bonds is 80. The molecule has 0 amide bonds. The van der Waals surface area contributed by atoms with E-state index in [1.54, 1.807) is 0 Å². The topological polar surface area (TPSA) is 521 Å². The number of esters is 16. The Morgan fingerprint density at radius 2 is 0.216 bits per heavy atom. The Morgan fingerprint density at radius 3 is 0.284 bits per heavy atom. The van der Waals surface area contributed by atoms with Crippen molar-refractivity contribution in [1.82, 2.24) is 39.2 Å². The van der Waals surface area contributed by atoms with E-state index < -0.39 is 164 Å². The molecule has 6 fully saturated rings. The first kappa shape index (κ1) is 131. The fourth-order valence-corrected chi connectivity index (χ4v) is 91.4. The molecule has 0 aromatic heterocycles. The summed E-state index contributed by atoms with van der Waals surface area (Å²) in [5.74, 6) is -8.31. The van der Waals surface area contributed by atoms with Gasteiger partial charge in [0.25, 0.3) is 0 Å². The molecule has 6 aliphatic rings. The summed E-state index contributed by atoms with van der Waals surface area (Å²) in [4.78, 5) is 230. The maximum Gasteiger partial charge on any atom is 0.322 e. The highest BCUT2D eigenvalue weighted by Gasteiger charge is 2.78. The van der Waals surface area contributed by atoms with Crippen LogP contribution in [0, 0.1) is 0 Å². The van der Waals surface area contributed by atoms with Crippen LogP contribution in [0.2, 0.25) is 71.0 Å². The third kappa shape index (κ3) is 48.5. The predicted molar refractivity (Wildman–Crippen MR) is 547 cm³/mol. The Hall–Kier alpha value is -7.38. The zero-order valence-electron chi connectivity index (χ0n) is 90.3. The minimum Gasteiger partial charge on any atom is -0.469 e. The summed E-state index contributed by atoms with van der Waals surface area (Å²) < 4.78 is 156. The Balaban J connectivity index is 2.27. The first-order valence-electron chi connectivity index (χ1n) is 51.2. The molecule has 0 N–H and O–H groups in total. The summed E-state index contributed by atoms with van der Waals surface area (Å²) in [6, 6.07) is 0.868. The smallest absolute Gasteiger partial charge is 0.322 e. The van der Waals surface area contributed by atoms with E-state index >= 15 is 0 Å². The molecule has 6 rings (SSSR count). The molecule has 0 saturated carbocycles. The molecule has 6 heterocycles. The van der Waals surface area contributed by atoms with Gasteiger partial charge < -0.3 is 148 Å². The summed E-state index contributed by atoms with van der Waals surface area (Å²) in [6.07, 6.45) is 0.471. The van der Waals surface area contributed by atoms with E-state index in [1.165, 1.54) is 114 Å². The van der Waals surface area contributed by atoms with Crippen molar-refractivity contribution in [2.45, 2.75) is 225 Å². The van der Waals surface area contributed by atoms with Crippen molar-refractivity contribution in [1.29, 1.82) is 0 Å².